The van der Waals surface area contributed by atoms with Gasteiger partial charge >= 0.3 is 0 Å². The Hall–Kier alpha value is -2.69. The third-order valence-electron chi connectivity index (χ3n) is 5.34. The molecule has 1 aliphatic heterocycles. The first kappa shape index (κ1) is 29.3. The first-order valence-electron chi connectivity index (χ1n) is 11.5. The molecule has 12 heteroatoms. The van der Waals surface area contributed by atoms with Crippen LogP contribution in [0.15, 0.2) is 64.0 Å². The molecule has 3 aromatic rings. The number of ether oxygens (including phenoxy) is 2. The maximum Gasteiger partial charge on any atom is 0.293 e. The van der Waals surface area contributed by atoms with Crippen LogP contribution in [0.3, 0.4) is 0 Å². The van der Waals surface area contributed by atoms with Gasteiger partial charge in [0.25, 0.3) is 17.1 Å². The summed E-state index contributed by atoms with van der Waals surface area (Å²) in [7, 11) is 0. The zero-order valence-corrected chi connectivity index (χ0v) is 25.0. The summed E-state index contributed by atoms with van der Waals surface area (Å²) in [6.07, 6.45) is 1.59. The predicted octanol–water partition coefficient (Wildman–Crippen LogP) is 8.06. The van der Waals surface area contributed by atoms with E-state index in [1.807, 2.05) is 6.92 Å². The van der Waals surface area contributed by atoms with Crippen LogP contribution in [0.4, 0.5) is 10.5 Å². The Morgan fingerprint density at radius 2 is 1.82 bits per heavy atom. The summed E-state index contributed by atoms with van der Waals surface area (Å²) >= 11 is 22.6. The van der Waals surface area contributed by atoms with E-state index < -0.39 is 17.1 Å². The van der Waals surface area contributed by atoms with Crippen LogP contribution in [-0.4, -0.2) is 35.2 Å². The number of rotatable bonds is 9. The van der Waals surface area contributed by atoms with E-state index in [4.69, 9.17) is 44.3 Å². The number of hydrogen-bond donors (Lipinski definition) is 1. The standard InChI is InChI=1S/C27H20BrCl3N2O5S/c1-2-37-22-10-15(9-18(28)25(22)38-14-24(34)32-21-6-4-3-5-19(21)30)11-23-26(35)33(27(36)39-23)13-16-7-8-17(29)12-20(16)31/h3-12H,2,13-14H2,1H3,(H,32,34)/b23-11-. The summed E-state index contributed by atoms with van der Waals surface area (Å²) in [5, 5.41) is 3.52. The average Bonchev–Trinajstić information content (AvgIpc) is 3.14. The average molecular weight is 671 g/mol. The van der Waals surface area contributed by atoms with Gasteiger partial charge in [0.05, 0.1) is 33.2 Å². The van der Waals surface area contributed by atoms with Gasteiger partial charge in [-0.3, -0.25) is 19.3 Å². The lowest BCUT2D eigenvalue weighted by Crippen LogP contribution is -2.27. The van der Waals surface area contributed by atoms with Crippen molar-refractivity contribution in [3.63, 3.8) is 0 Å². The van der Waals surface area contributed by atoms with Crippen molar-refractivity contribution in [2.45, 2.75) is 13.5 Å². The molecule has 0 spiro atoms. The first-order chi connectivity index (χ1) is 18.7. The van der Waals surface area contributed by atoms with E-state index in [2.05, 4.69) is 21.2 Å². The fraction of sp³-hybridized carbons (Fsp3) is 0.148. The number of nitrogens with one attached hydrogen (secondary N) is 1. The Morgan fingerprint density at radius 3 is 2.54 bits per heavy atom. The van der Waals surface area contributed by atoms with Gasteiger partial charge in [-0.2, -0.15) is 0 Å². The molecule has 0 aromatic heterocycles. The van der Waals surface area contributed by atoms with Crippen LogP contribution < -0.4 is 14.8 Å². The molecule has 39 heavy (non-hydrogen) atoms. The van der Waals surface area contributed by atoms with Crippen molar-refractivity contribution in [3.05, 3.63) is 90.2 Å². The highest BCUT2D eigenvalue weighted by Crippen LogP contribution is 2.40. The topological polar surface area (TPSA) is 84.9 Å². The lowest BCUT2D eigenvalue weighted by Gasteiger charge is -2.15. The van der Waals surface area contributed by atoms with Crippen LogP contribution in [0, 0.1) is 0 Å². The summed E-state index contributed by atoms with van der Waals surface area (Å²) in [5.74, 6) is -0.178. The maximum absolute atomic E-state index is 13.0. The lowest BCUT2D eigenvalue weighted by molar-refractivity contribution is -0.123. The van der Waals surface area contributed by atoms with Gasteiger partial charge in [-0.05, 0) is 88.2 Å². The highest BCUT2D eigenvalue weighted by atomic mass is 79.9. The SMILES string of the molecule is CCOc1cc(/C=C2\SC(=O)N(Cc3ccc(Cl)cc3Cl)C2=O)cc(Br)c1OCC(=O)Nc1ccccc1Cl. The minimum Gasteiger partial charge on any atom is -0.490 e. The van der Waals surface area contributed by atoms with Gasteiger partial charge in [-0.1, -0.05) is 53.0 Å². The number of halogens is 4. The molecule has 0 saturated carbocycles. The predicted molar refractivity (Wildman–Crippen MR) is 159 cm³/mol. The summed E-state index contributed by atoms with van der Waals surface area (Å²) in [5.41, 5.74) is 1.67. The Balaban J connectivity index is 1.50. The number of amides is 3. The smallest absolute Gasteiger partial charge is 0.293 e. The second-order valence-corrected chi connectivity index (χ2v) is 11.2. The van der Waals surface area contributed by atoms with Crippen molar-refractivity contribution in [3.8, 4) is 11.5 Å². The molecule has 1 heterocycles. The number of hydrogen-bond acceptors (Lipinski definition) is 6. The summed E-state index contributed by atoms with van der Waals surface area (Å²) in [4.78, 5) is 39.5. The number of benzene rings is 3. The molecule has 7 nitrogen and oxygen atoms in total. The summed E-state index contributed by atoms with van der Waals surface area (Å²) < 4.78 is 12.0. The van der Waals surface area contributed by atoms with E-state index >= 15 is 0 Å². The van der Waals surface area contributed by atoms with Gasteiger partial charge in [0, 0.05) is 10.0 Å². The zero-order valence-electron chi connectivity index (χ0n) is 20.3. The van der Waals surface area contributed by atoms with Crippen molar-refractivity contribution < 1.29 is 23.9 Å². The molecule has 1 aliphatic rings. The highest BCUT2D eigenvalue weighted by molar-refractivity contribution is 9.10. The van der Waals surface area contributed by atoms with E-state index in [9.17, 15) is 14.4 Å². The highest BCUT2D eigenvalue weighted by Gasteiger charge is 2.35. The Morgan fingerprint density at radius 1 is 1.05 bits per heavy atom. The number of carbonyl (C=O) groups excluding carboxylic acids is 3. The molecule has 1 fully saturated rings. The van der Waals surface area contributed by atoms with Crippen molar-refractivity contribution in [2.24, 2.45) is 0 Å². The van der Waals surface area contributed by atoms with E-state index in [-0.39, 0.29) is 18.1 Å². The van der Waals surface area contributed by atoms with E-state index in [1.165, 1.54) is 0 Å². The van der Waals surface area contributed by atoms with E-state index in [1.54, 1.807) is 60.7 Å². The fourth-order valence-electron chi connectivity index (χ4n) is 3.57. The van der Waals surface area contributed by atoms with Gasteiger partial charge < -0.3 is 14.8 Å². The number of nitrogens with zero attached hydrogens (tertiary/aromatic N) is 1. The molecule has 202 valence electrons. The van der Waals surface area contributed by atoms with Crippen LogP contribution in [0.2, 0.25) is 15.1 Å². The minimum atomic E-state index is -0.443. The van der Waals surface area contributed by atoms with Crippen LogP contribution in [0.25, 0.3) is 6.08 Å². The molecule has 0 atom stereocenters. The summed E-state index contributed by atoms with van der Waals surface area (Å²) in [6.45, 7) is 1.86. The molecule has 0 aliphatic carbocycles. The Kier molecular flexibility index (Phi) is 9.85. The van der Waals surface area contributed by atoms with Crippen molar-refractivity contribution in [1.29, 1.82) is 0 Å². The molecule has 1 N–H and O–H groups in total. The van der Waals surface area contributed by atoms with Crippen LogP contribution in [-0.2, 0) is 16.1 Å². The second-order valence-electron chi connectivity index (χ2n) is 8.08. The fourth-order valence-corrected chi connectivity index (χ4v) is 5.63. The lowest BCUT2D eigenvalue weighted by atomic mass is 10.1. The number of para-hydroxylation sites is 1. The van der Waals surface area contributed by atoms with E-state index in [0.717, 1.165) is 16.7 Å². The van der Waals surface area contributed by atoms with Gasteiger partial charge in [0.2, 0.25) is 0 Å². The van der Waals surface area contributed by atoms with Crippen LogP contribution in [0.5, 0.6) is 11.5 Å². The van der Waals surface area contributed by atoms with Gasteiger partial charge in [0.15, 0.2) is 18.1 Å². The molecule has 3 amide bonds. The van der Waals surface area contributed by atoms with Crippen LogP contribution in [0.1, 0.15) is 18.1 Å². The molecular formula is C27H20BrCl3N2O5S. The minimum absolute atomic E-state index is 0.0228. The van der Waals surface area contributed by atoms with Crippen molar-refractivity contribution in [1.82, 2.24) is 4.90 Å². The Labute approximate surface area is 252 Å². The van der Waals surface area contributed by atoms with Crippen LogP contribution >= 0.6 is 62.5 Å². The van der Waals surface area contributed by atoms with E-state index in [0.29, 0.717) is 54.5 Å². The first-order valence-corrected chi connectivity index (χ1v) is 14.2. The molecular weight excluding hydrogens is 651 g/mol. The quantitative estimate of drug-likeness (QED) is 0.232. The van der Waals surface area contributed by atoms with Gasteiger partial charge in [-0.25, -0.2) is 0 Å². The zero-order chi connectivity index (χ0) is 28.1. The third kappa shape index (κ3) is 7.29. The Bertz CT molecular complexity index is 1480. The largest absolute Gasteiger partial charge is 0.490 e. The number of carbonyl (C=O) groups is 3. The van der Waals surface area contributed by atoms with Crippen molar-refractivity contribution >= 4 is 91.3 Å². The number of anilines is 1. The number of thioether (sulfide) groups is 1. The molecule has 0 unspecified atom stereocenters. The number of imide groups is 1. The maximum atomic E-state index is 13.0. The molecule has 4 rings (SSSR count). The van der Waals surface area contributed by atoms with Gasteiger partial charge in [0.1, 0.15) is 0 Å². The third-order valence-corrected chi connectivity index (χ3v) is 7.76. The van der Waals surface area contributed by atoms with Crippen molar-refractivity contribution in [2.75, 3.05) is 18.5 Å². The monoisotopic (exact) mass is 668 g/mol. The molecule has 0 bridgehead atoms. The summed E-state index contributed by atoms with van der Waals surface area (Å²) in [6, 6.07) is 15.1. The molecule has 0 radical (unpaired) electrons. The second kappa shape index (κ2) is 13.1. The molecule has 3 aromatic carbocycles. The normalized spacial score (nSPS) is 14.2. The van der Waals surface area contributed by atoms with Gasteiger partial charge in [-0.15, -0.1) is 0 Å². The molecule has 1 saturated heterocycles.